The molecule has 21 heavy (non-hydrogen) atoms. The number of rotatable bonds is 8. The van der Waals surface area contributed by atoms with E-state index in [0.29, 0.717) is 12.6 Å². The summed E-state index contributed by atoms with van der Waals surface area (Å²) in [6, 6.07) is 7.15. The maximum absolute atomic E-state index is 12.6. The zero-order valence-electron chi connectivity index (χ0n) is 12.5. The van der Waals surface area contributed by atoms with Crippen molar-refractivity contribution in [3.8, 4) is 0 Å². The normalized spacial score (nSPS) is 18.8. The molecule has 0 bridgehead atoms. The van der Waals surface area contributed by atoms with E-state index >= 15 is 0 Å². The molecule has 0 radical (unpaired) electrons. The highest BCUT2D eigenvalue weighted by Gasteiger charge is 2.18. The lowest BCUT2D eigenvalue weighted by atomic mass is 10.1. The molecule has 1 aromatic rings. The predicted octanol–water partition coefficient (Wildman–Crippen LogP) is 2.82. The van der Waals surface area contributed by atoms with Crippen molar-refractivity contribution in [1.29, 1.82) is 0 Å². The number of halogens is 2. The van der Waals surface area contributed by atoms with Gasteiger partial charge in [0.25, 0.3) is 6.43 Å². The highest BCUT2D eigenvalue weighted by atomic mass is 19.3. The average molecular weight is 298 g/mol. The first-order chi connectivity index (χ1) is 10.2. The van der Waals surface area contributed by atoms with Gasteiger partial charge in [0.2, 0.25) is 0 Å². The Bertz CT molecular complexity index is 405. The van der Waals surface area contributed by atoms with E-state index in [1.54, 1.807) is 19.2 Å². The minimum Gasteiger partial charge on any atom is -0.383 e. The Labute approximate surface area is 125 Å². The topological polar surface area (TPSA) is 24.5 Å². The number of alkyl halides is 2. The van der Waals surface area contributed by atoms with Gasteiger partial charge in [-0.15, -0.1) is 0 Å². The van der Waals surface area contributed by atoms with Crippen molar-refractivity contribution >= 4 is 0 Å². The first kappa shape index (κ1) is 16.3. The quantitative estimate of drug-likeness (QED) is 0.799. The van der Waals surface area contributed by atoms with Crippen molar-refractivity contribution in [2.45, 2.75) is 31.9 Å². The van der Waals surface area contributed by atoms with Crippen LogP contribution in [-0.2, 0) is 11.3 Å². The van der Waals surface area contributed by atoms with Crippen LogP contribution in [0.5, 0.6) is 0 Å². The van der Waals surface area contributed by atoms with Crippen LogP contribution in [0.15, 0.2) is 24.3 Å². The lowest BCUT2D eigenvalue weighted by Gasteiger charge is -2.25. The maximum Gasteiger partial charge on any atom is 0.263 e. The summed E-state index contributed by atoms with van der Waals surface area (Å²) in [5.74, 6) is 0. The second kappa shape index (κ2) is 8.41. The molecule has 1 aliphatic rings. The molecule has 118 valence electrons. The summed E-state index contributed by atoms with van der Waals surface area (Å²) >= 11 is 0. The smallest absolute Gasteiger partial charge is 0.263 e. The minimum absolute atomic E-state index is 0.0830. The van der Waals surface area contributed by atoms with Crippen molar-refractivity contribution in [2.24, 2.45) is 0 Å². The summed E-state index contributed by atoms with van der Waals surface area (Å²) in [5.41, 5.74) is 1.15. The number of benzene rings is 1. The molecule has 1 unspecified atom stereocenters. The molecule has 3 nitrogen and oxygen atoms in total. The Morgan fingerprint density at radius 1 is 1.33 bits per heavy atom. The fraction of sp³-hybridized carbons (Fsp3) is 0.625. The van der Waals surface area contributed by atoms with Gasteiger partial charge in [0.1, 0.15) is 0 Å². The van der Waals surface area contributed by atoms with Crippen molar-refractivity contribution < 1.29 is 13.5 Å². The molecule has 5 heteroatoms. The first-order valence-electron chi connectivity index (χ1n) is 7.50. The van der Waals surface area contributed by atoms with Gasteiger partial charge in [0.05, 0.1) is 6.61 Å². The molecular weight excluding hydrogens is 274 g/mol. The molecule has 0 aromatic heterocycles. The summed E-state index contributed by atoms with van der Waals surface area (Å²) in [5, 5.41) is 3.49. The lowest BCUT2D eigenvalue weighted by Crippen LogP contribution is -2.38. The van der Waals surface area contributed by atoms with E-state index < -0.39 is 6.43 Å². The molecule has 1 heterocycles. The summed E-state index contributed by atoms with van der Waals surface area (Å²) in [6.45, 7) is 4.37. The molecule has 0 saturated carbocycles. The van der Waals surface area contributed by atoms with Crippen LogP contribution in [0.25, 0.3) is 0 Å². The van der Waals surface area contributed by atoms with Crippen LogP contribution in [0.1, 0.15) is 30.4 Å². The van der Waals surface area contributed by atoms with Gasteiger partial charge >= 0.3 is 0 Å². The van der Waals surface area contributed by atoms with Crippen LogP contribution in [-0.4, -0.2) is 44.3 Å². The molecule has 0 aliphatic carbocycles. The third-order valence-corrected chi connectivity index (χ3v) is 3.89. The van der Waals surface area contributed by atoms with Gasteiger partial charge in [-0.3, -0.25) is 4.90 Å². The first-order valence-corrected chi connectivity index (χ1v) is 7.50. The number of nitrogens with zero attached hydrogens (tertiary/aromatic N) is 1. The number of hydrogen-bond donors (Lipinski definition) is 1. The van der Waals surface area contributed by atoms with E-state index in [2.05, 4.69) is 10.2 Å². The molecule has 1 aliphatic heterocycles. The van der Waals surface area contributed by atoms with E-state index in [4.69, 9.17) is 4.74 Å². The maximum atomic E-state index is 12.6. The van der Waals surface area contributed by atoms with Crippen molar-refractivity contribution in [3.63, 3.8) is 0 Å². The van der Waals surface area contributed by atoms with Crippen LogP contribution in [0.4, 0.5) is 8.78 Å². The van der Waals surface area contributed by atoms with Crippen LogP contribution in [0, 0.1) is 0 Å². The van der Waals surface area contributed by atoms with Gasteiger partial charge in [0, 0.05) is 38.3 Å². The third kappa shape index (κ3) is 5.34. The van der Waals surface area contributed by atoms with Crippen LogP contribution >= 0.6 is 0 Å². The SMILES string of the molecule is COCCN(Cc1ccc(C(F)F)cc1)CC1CCCN1. The van der Waals surface area contributed by atoms with Crippen LogP contribution < -0.4 is 5.32 Å². The molecule has 1 N–H and O–H groups in total. The van der Waals surface area contributed by atoms with Crippen molar-refractivity contribution in [1.82, 2.24) is 10.2 Å². The monoisotopic (exact) mass is 298 g/mol. The molecule has 1 saturated heterocycles. The molecular formula is C16H24F2N2O. The Balaban J connectivity index is 1.92. The average Bonchev–Trinajstić information content (AvgIpc) is 2.98. The van der Waals surface area contributed by atoms with E-state index in [1.807, 2.05) is 0 Å². The van der Waals surface area contributed by atoms with Gasteiger partial charge < -0.3 is 10.1 Å². The summed E-state index contributed by atoms with van der Waals surface area (Å²) in [7, 11) is 1.70. The second-order valence-electron chi connectivity index (χ2n) is 5.56. The Morgan fingerprint density at radius 2 is 2.10 bits per heavy atom. The van der Waals surface area contributed by atoms with E-state index in [1.165, 1.54) is 25.0 Å². The van der Waals surface area contributed by atoms with E-state index in [-0.39, 0.29) is 5.56 Å². The fourth-order valence-corrected chi connectivity index (χ4v) is 2.71. The zero-order valence-corrected chi connectivity index (χ0v) is 12.5. The third-order valence-electron chi connectivity index (χ3n) is 3.89. The Hall–Kier alpha value is -1.04. The molecule has 1 aromatic carbocycles. The zero-order chi connectivity index (χ0) is 15.1. The number of nitrogens with one attached hydrogen (secondary N) is 1. The van der Waals surface area contributed by atoms with Gasteiger partial charge in [-0.25, -0.2) is 8.78 Å². The van der Waals surface area contributed by atoms with E-state index in [9.17, 15) is 8.78 Å². The van der Waals surface area contributed by atoms with Gasteiger partial charge in [-0.1, -0.05) is 24.3 Å². The predicted molar refractivity (Wildman–Crippen MR) is 79.6 cm³/mol. The number of methoxy groups -OCH3 is 1. The van der Waals surface area contributed by atoms with Crippen LogP contribution in [0.2, 0.25) is 0 Å². The molecule has 0 spiro atoms. The molecule has 2 rings (SSSR count). The van der Waals surface area contributed by atoms with Gasteiger partial charge in [-0.2, -0.15) is 0 Å². The van der Waals surface area contributed by atoms with Gasteiger partial charge in [-0.05, 0) is 24.9 Å². The second-order valence-corrected chi connectivity index (χ2v) is 5.56. The summed E-state index contributed by atoms with van der Waals surface area (Å²) < 4.78 is 30.3. The van der Waals surface area contributed by atoms with Crippen LogP contribution in [0.3, 0.4) is 0 Å². The number of hydrogen-bond acceptors (Lipinski definition) is 3. The highest BCUT2D eigenvalue weighted by Crippen LogP contribution is 2.19. The highest BCUT2D eigenvalue weighted by molar-refractivity contribution is 5.23. The minimum atomic E-state index is -2.40. The molecule has 1 atom stereocenters. The fourth-order valence-electron chi connectivity index (χ4n) is 2.71. The van der Waals surface area contributed by atoms with E-state index in [0.717, 1.165) is 31.7 Å². The van der Waals surface area contributed by atoms with Crippen molar-refractivity contribution in [2.75, 3.05) is 33.4 Å². The Kier molecular flexibility index (Phi) is 6.54. The van der Waals surface area contributed by atoms with Gasteiger partial charge in [0.15, 0.2) is 0 Å². The number of ether oxygens (including phenoxy) is 1. The summed E-state index contributed by atoms with van der Waals surface area (Å²) in [4.78, 5) is 2.32. The summed E-state index contributed by atoms with van der Waals surface area (Å²) in [6.07, 6.45) is 0.0333. The lowest BCUT2D eigenvalue weighted by molar-refractivity contribution is 0.138. The Morgan fingerprint density at radius 3 is 2.67 bits per heavy atom. The molecule has 0 amide bonds. The van der Waals surface area contributed by atoms with Crippen molar-refractivity contribution in [3.05, 3.63) is 35.4 Å². The standard InChI is InChI=1S/C16H24F2N2O/c1-21-10-9-20(12-15-3-2-8-19-15)11-13-4-6-14(7-5-13)16(17)18/h4-7,15-16,19H,2-3,8-12H2,1H3. The molecule has 1 fully saturated rings. The largest absolute Gasteiger partial charge is 0.383 e.